The SMILES string of the molecule is COCC(C)Oc1cc(Br)ccc1C#N. The molecule has 0 amide bonds. The first-order valence-corrected chi connectivity index (χ1v) is 5.32. The topological polar surface area (TPSA) is 42.2 Å². The molecule has 0 saturated carbocycles. The monoisotopic (exact) mass is 269 g/mol. The fourth-order valence-electron chi connectivity index (χ4n) is 1.17. The Morgan fingerprint density at radius 1 is 1.53 bits per heavy atom. The average Bonchev–Trinajstić information content (AvgIpc) is 2.18. The fourth-order valence-corrected chi connectivity index (χ4v) is 1.51. The predicted molar refractivity (Wildman–Crippen MR) is 60.8 cm³/mol. The summed E-state index contributed by atoms with van der Waals surface area (Å²) in [6.07, 6.45) is -0.0728. The van der Waals surface area contributed by atoms with E-state index in [9.17, 15) is 0 Å². The van der Waals surface area contributed by atoms with Gasteiger partial charge in [-0.05, 0) is 25.1 Å². The summed E-state index contributed by atoms with van der Waals surface area (Å²) in [4.78, 5) is 0. The number of rotatable bonds is 4. The average molecular weight is 270 g/mol. The van der Waals surface area contributed by atoms with Gasteiger partial charge in [-0.15, -0.1) is 0 Å². The van der Waals surface area contributed by atoms with E-state index >= 15 is 0 Å². The van der Waals surface area contributed by atoms with Gasteiger partial charge in [0.2, 0.25) is 0 Å². The molecular formula is C11H12BrNO2. The zero-order chi connectivity index (χ0) is 11.3. The Labute approximate surface area is 97.7 Å². The van der Waals surface area contributed by atoms with Crippen LogP contribution in [0.25, 0.3) is 0 Å². The first-order valence-electron chi connectivity index (χ1n) is 4.52. The van der Waals surface area contributed by atoms with Gasteiger partial charge in [0.1, 0.15) is 17.9 Å². The molecule has 1 aromatic rings. The maximum absolute atomic E-state index is 8.88. The van der Waals surface area contributed by atoms with Crippen molar-refractivity contribution in [3.8, 4) is 11.8 Å². The molecule has 0 radical (unpaired) electrons. The van der Waals surface area contributed by atoms with Crippen LogP contribution in [0.2, 0.25) is 0 Å². The first-order chi connectivity index (χ1) is 7.17. The third kappa shape index (κ3) is 3.54. The molecule has 0 fully saturated rings. The molecular weight excluding hydrogens is 258 g/mol. The largest absolute Gasteiger partial charge is 0.487 e. The lowest BCUT2D eigenvalue weighted by molar-refractivity contribution is 0.0918. The fraction of sp³-hybridized carbons (Fsp3) is 0.364. The van der Waals surface area contributed by atoms with Crippen LogP contribution in [0.3, 0.4) is 0 Å². The smallest absolute Gasteiger partial charge is 0.138 e. The molecule has 0 saturated heterocycles. The number of ether oxygens (including phenoxy) is 2. The molecule has 4 heteroatoms. The van der Waals surface area contributed by atoms with Gasteiger partial charge in [0.25, 0.3) is 0 Å². The number of hydrogen-bond donors (Lipinski definition) is 0. The number of halogens is 1. The van der Waals surface area contributed by atoms with E-state index in [-0.39, 0.29) is 6.10 Å². The summed E-state index contributed by atoms with van der Waals surface area (Å²) in [7, 11) is 1.62. The third-order valence-corrected chi connectivity index (χ3v) is 2.29. The zero-order valence-electron chi connectivity index (χ0n) is 8.66. The van der Waals surface area contributed by atoms with E-state index in [1.165, 1.54) is 0 Å². The van der Waals surface area contributed by atoms with Crippen LogP contribution in [-0.4, -0.2) is 19.8 Å². The lowest BCUT2D eigenvalue weighted by atomic mass is 10.2. The second-order valence-corrected chi connectivity index (χ2v) is 4.05. The Bertz CT molecular complexity index is 373. The molecule has 0 aliphatic rings. The van der Waals surface area contributed by atoms with E-state index in [0.717, 1.165) is 4.47 Å². The molecule has 1 atom stereocenters. The van der Waals surface area contributed by atoms with E-state index in [2.05, 4.69) is 22.0 Å². The van der Waals surface area contributed by atoms with Gasteiger partial charge in [-0.1, -0.05) is 15.9 Å². The highest BCUT2D eigenvalue weighted by molar-refractivity contribution is 9.10. The Balaban J connectivity index is 2.83. The number of hydrogen-bond acceptors (Lipinski definition) is 3. The van der Waals surface area contributed by atoms with E-state index < -0.39 is 0 Å². The summed E-state index contributed by atoms with van der Waals surface area (Å²) in [6, 6.07) is 7.40. The van der Waals surface area contributed by atoms with Gasteiger partial charge >= 0.3 is 0 Å². The van der Waals surface area contributed by atoms with Crippen molar-refractivity contribution in [2.24, 2.45) is 0 Å². The van der Waals surface area contributed by atoms with Gasteiger partial charge in [0.15, 0.2) is 0 Å². The van der Waals surface area contributed by atoms with Crippen LogP contribution in [0.1, 0.15) is 12.5 Å². The summed E-state index contributed by atoms with van der Waals surface area (Å²) >= 11 is 3.33. The van der Waals surface area contributed by atoms with E-state index in [4.69, 9.17) is 14.7 Å². The highest BCUT2D eigenvalue weighted by Gasteiger charge is 2.08. The molecule has 1 rings (SSSR count). The summed E-state index contributed by atoms with van der Waals surface area (Å²) < 4.78 is 11.4. The van der Waals surface area contributed by atoms with Crippen molar-refractivity contribution in [1.82, 2.24) is 0 Å². The van der Waals surface area contributed by atoms with E-state index in [1.807, 2.05) is 13.0 Å². The van der Waals surface area contributed by atoms with Crippen LogP contribution in [-0.2, 0) is 4.74 Å². The maximum atomic E-state index is 8.88. The van der Waals surface area contributed by atoms with E-state index in [1.54, 1.807) is 19.2 Å². The van der Waals surface area contributed by atoms with Crippen LogP contribution < -0.4 is 4.74 Å². The summed E-state index contributed by atoms with van der Waals surface area (Å²) in [6.45, 7) is 2.39. The molecule has 80 valence electrons. The molecule has 0 aliphatic carbocycles. The van der Waals surface area contributed by atoms with Gasteiger partial charge in [-0.25, -0.2) is 0 Å². The third-order valence-electron chi connectivity index (χ3n) is 1.79. The van der Waals surface area contributed by atoms with E-state index in [0.29, 0.717) is 17.9 Å². The Kier molecular flexibility index (Phi) is 4.60. The van der Waals surface area contributed by atoms with Crippen molar-refractivity contribution in [3.05, 3.63) is 28.2 Å². The van der Waals surface area contributed by atoms with Crippen molar-refractivity contribution in [3.63, 3.8) is 0 Å². The molecule has 0 spiro atoms. The minimum absolute atomic E-state index is 0.0728. The Hall–Kier alpha value is -1.05. The van der Waals surface area contributed by atoms with Crippen LogP contribution in [0.4, 0.5) is 0 Å². The van der Waals surface area contributed by atoms with Crippen molar-refractivity contribution < 1.29 is 9.47 Å². The Morgan fingerprint density at radius 3 is 2.87 bits per heavy atom. The van der Waals surface area contributed by atoms with Crippen molar-refractivity contribution >= 4 is 15.9 Å². The Morgan fingerprint density at radius 2 is 2.27 bits per heavy atom. The van der Waals surface area contributed by atoms with Crippen LogP contribution in [0.15, 0.2) is 22.7 Å². The molecule has 15 heavy (non-hydrogen) atoms. The van der Waals surface area contributed by atoms with Gasteiger partial charge < -0.3 is 9.47 Å². The highest BCUT2D eigenvalue weighted by Crippen LogP contribution is 2.24. The second kappa shape index (κ2) is 5.74. The van der Waals surface area contributed by atoms with Gasteiger partial charge in [0, 0.05) is 11.6 Å². The summed E-state index contributed by atoms with van der Waals surface area (Å²) in [5.41, 5.74) is 0.529. The first kappa shape index (κ1) is 12.0. The second-order valence-electron chi connectivity index (χ2n) is 3.14. The van der Waals surface area contributed by atoms with Crippen LogP contribution in [0.5, 0.6) is 5.75 Å². The van der Waals surface area contributed by atoms with Crippen molar-refractivity contribution in [1.29, 1.82) is 5.26 Å². The normalized spacial score (nSPS) is 11.9. The molecule has 0 aromatic heterocycles. The molecule has 0 N–H and O–H groups in total. The highest BCUT2D eigenvalue weighted by atomic mass is 79.9. The summed E-state index contributed by atoms with van der Waals surface area (Å²) in [5, 5.41) is 8.88. The standard InChI is InChI=1S/C11H12BrNO2/c1-8(7-14-2)15-11-5-10(12)4-3-9(11)6-13/h3-5,8H,7H2,1-2H3. The lowest BCUT2D eigenvalue weighted by Crippen LogP contribution is -2.18. The molecule has 0 aliphatic heterocycles. The van der Waals surface area contributed by atoms with Crippen molar-refractivity contribution in [2.45, 2.75) is 13.0 Å². The van der Waals surface area contributed by atoms with Gasteiger partial charge in [0.05, 0.1) is 12.2 Å². The molecule has 0 heterocycles. The van der Waals surface area contributed by atoms with Gasteiger partial charge in [-0.3, -0.25) is 0 Å². The number of nitriles is 1. The molecule has 0 bridgehead atoms. The molecule has 1 unspecified atom stereocenters. The predicted octanol–water partition coefficient (Wildman–Crippen LogP) is 2.73. The molecule has 1 aromatic carbocycles. The number of benzene rings is 1. The summed E-state index contributed by atoms with van der Waals surface area (Å²) in [5.74, 6) is 0.580. The zero-order valence-corrected chi connectivity index (χ0v) is 10.2. The lowest BCUT2D eigenvalue weighted by Gasteiger charge is -2.14. The van der Waals surface area contributed by atoms with Crippen molar-refractivity contribution in [2.75, 3.05) is 13.7 Å². The minimum Gasteiger partial charge on any atom is -0.487 e. The van der Waals surface area contributed by atoms with Crippen LogP contribution in [0, 0.1) is 11.3 Å². The number of methoxy groups -OCH3 is 1. The minimum atomic E-state index is -0.0728. The number of nitrogens with zero attached hydrogens (tertiary/aromatic N) is 1. The van der Waals surface area contributed by atoms with Crippen LogP contribution >= 0.6 is 15.9 Å². The maximum Gasteiger partial charge on any atom is 0.138 e. The van der Waals surface area contributed by atoms with Gasteiger partial charge in [-0.2, -0.15) is 5.26 Å². The quantitative estimate of drug-likeness (QED) is 0.844. The molecule has 3 nitrogen and oxygen atoms in total.